The molecule has 98 valence electrons. The molecule has 2 heterocycles. The summed E-state index contributed by atoms with van der Waals surface area (Å²) in [6, 6.07) is 7.96. The van der Waals surface area contributed by atoms with Gasteiger partial charge in [0.05, 0.1) is 25.2 Å². The topological polar surface area (TPSA) is 63.7 Å². The maximum atomic E-state index is 6.01. The van der Waals surface area contributed by atoms with Gasteiger partial charge in [0.1, 0.15) is 5.75 Å². The van der Waals surface area contributed by atoms with E-state index in [-0.39, 0.29) is 6.04 Å². The zero-order chi connectivity index (χ0) is 13.2. The Morgan fingerprint density at radius 3 is 2.79 bits per heavy atom. The monoisotopic (exact) mass is 274 g/mol. The smallest absolute Gasteiger partial charge is 0.196 e. The highest BCUT2D eigenvalue weighted by molar-refractivity contribution is 7.09. The van der Waals surface area contributed by atoms with Gasteiger partial charge >= 0.3 is 0 Å². The minimum atomic E-state index is 0.140. The number of ether oxygens (including phenoxy) is 1. The minimum absolute atomic E-state index is 0.140. The van der Waals surface area contributed by atoms with Crippen LogP contribution in [0.1, 0.15) is 10.9 Å². The molecule has 5 nitrogen and oxygen atoms in total. The van der Waals surface area contributed by atoms with Crippen LogP contribution in [0.5, 0.6) is 5.75 Å². The van der Waals surface area contributed by atoms with Gasteiger partial charge in [0, 0.05) is 16.8 Å². The fraction of sp³-hybridized carbons (Fsp3) is 0.231. The van der Waals surface area contributed by atoms with E-state index in [1.54, 1.807) is 18.4 Å². The van der Waals surface area contributed by atoms with Crippen molar-refractivity contribution in [3.63, 3.8) is 0 Å². The second kappa shape index (κ2) is 4.89. The Morgan fingerprint density at radius 2 is 2.16 bits per heavy atom. The highest BCUT2D eigenvalue weighted by Crippen LogP contribution is 2.33. The first-order chi connectivity index (χ1) is 9.29. The Kier molecular flexibility index (Phi) is 3.08. The summed E-state index contributed by atoms with van der Waals surface area (Å²) in [5.41, 5.74) is 8.85. The van der Waals surface area contributed by atoms with Gasteiger partial charge in [-0.15, -0.1) is 11.3 Å². The van der Waals surface area contributed by atoms with Crippen LogP contribution in [0.2, 0.25) is 0 Å². The van der Waals surface area contributed by atoms with Crippen molar-refractivity contribution in [1.82, 2.24) is 4.98 Å². The Morgan fingerprint density at radius 1 is 1.37 bits per heavy atom. The van der Waals surface area contributed by atoms with Crippen LogP contribution < -0.4 is 15.4 Å². The lowest BCUT2D eigenvalue weighted by molar-refractivity contribution is 0.415. The third-order valence-corrected chi connectivity index (χ3v) is 3.99. The van der Waals surface area contributed by atoms with Crippen LogP contribution in [-0.2, 0) is 0 Å². The van der Waals surface area contributed by atoms with Gasteiger partial charge in [0.25, 0.3) is 0 Å². The standard InChI is InChI=1S/C13H14N4OS/c1-18-10-4-2-9(3-5-10)17-11(6-16-13(17)14)12-7-15-8-19-12/h2-5,7-8,11H,6H2,1H3,(H2,14,16). The molecule has 6 heteroatoms. The summed E-state index contributed by atoms with van der Waals surface area (Å²) in [6.45, 7) is 0.667. The number of thiazole rings is 1. The number of aromatic nitrogens is 1. The van der Waals surface area contributed by atoms with Crippen LogP contribution in [0.25, 0.3) is 0 Å². The SMILES string of the molecule is COc1ccc(N2C(N)=NCC2c2cncs2)cc1. The van der Waals surface area contributed by atoms with E-state index in [2.05, 4.69) is 9.98 Å². The van der Waals surface area contributed by atoms with Gasteiger partial charge in [-0.3, -0.25) is 9.98 Å². The van der Waals surface area contributed by atoms with Gasteiger partial charge in [-0.2, -0.15) is 0 Å². The Hall–Kier alpha value is -2.08. The molecular weight excluding hydrogens is 260 g/mol. The molecule has 0 bridgehead atoms. The molecule has 0 saturated carbocycles. The molecule has 1 aromatic heterocycles. The second-order valence-electron chi connectivity index (χ2n) is 4.19. The summed E-state index contributed by atoms with van der Waals surface area (Å²) >= 11 is 1.62. The van der Waals surface area contributed by atoms with E-state index in [9.17, 15) is 0 Å². The number of hydrogen-bond acceptors (Lipinski definition) is 6. The average molecular weight is 274 g/mol. The molecule has 1 unspecified atom stereocenters. The molecule has 0 spiro atoms. The van der Waals surface area contributed by atoms with Gasteiger partial charge in [-0.25, -0.2) is 0 Å². The van der Waals surface area contributed by atoms with Crippen molar-refractivity contribution in [2.75, 3.05) is 18.6 Å². The number of benzene rings is 1. The third kappa shape index (κ3) is 2.15. The highest BCUT2D eigenvalue weighted by atomic mass is 32.1. The van der Waals surface area contributed by atoms with E-state index >= 15 is 0 Å². The van der Waals surface area contributed by atoms with Crippen molar-refractivity contribution < 1.29 is 4.74 Å². The Bertz CT molecular complexity index is 579. The molecule has 19 heavy (non-hydrogen) atoms. The highest BCUT2D eigenvalue weighted by Gasteiger charge is 2.29. The maximum Gasteiger partial charge on any atom is 0.196 e. The second-order valence-corrected chi connectivity index (χ2v) is 5.10. The summed E-state index contributed by atoms with van der Waals surface area (Å²) in [4.78, 5) is 11.7. The number of guanidine groups is 1. The minimum Gasteiger partial charge on any atom is -0.497 e. The molecule has 0 radical (unpaired) electrons. The molecule has 2 aromatic rings. The van der Waals surface area contributed by atoms with Crippen LogP contribution in [0, 0.1) is 0 Å². The van der Waals surface area contributed by atoms with Crippen LogP contribution in [-0.4, -0.2) is 24.6 Å². The Balaban J connectivity index is 1.93. The predicted octanol–water partition coefficient (Wildman–Crippen LogP) is 2.03. The zero-order valence-electron chi connectivity index (χ0n) is 10.5. The first-order valence-electron chi connectivity index (χ1n) is 5.91. The van der Waals surface area contributed by atoms with E-state index in [0.29, 0.717) is 12.5 Å². The molecule has 3 rings (SSSR count). The van der Waals surface area contributed by atoms with E-state index in [1.165, 1.54) is 4.88 Å². The number of rotatable bonds is 3. The molecule has 0 fully saturated rings. The lowest BCUT2D eigenvalue weighted by Gasteiger charge is -2.25. The number of anilines is 1. The van der Waals surface area contributed by atoms with Crippen molar-refractivity contribution in [3.05, 3.63) is 40.8 Å². The van der Waals surface area contributed by atoms with Crippen molar-refractivity contribution in [2.24, 2.45) is 10.7 Å². The molecular formula is C13H14N4OS. The van der Waals surface area contributed by atoms with Crippen LogP contribution in [0.3, 0.4) is 0 Å². The first-order valence-corrected chi connectivity index (χ1v) is 6.79. The fourth-order valence-corrected chi connectivity index (χ4v) is 2.86. The molecule has 1 aliphatic heterocycles. The average Bonchev–Trinajstić information content (AvgIpc) is 3.08. The van der Waals surface area contributed by atoms with E-state index in [1.807, 2.05) is 40.9 Å². The largest absolute Gasteiger partial charge is 0.497 e. The summed E-state index contributed by atoms with van der Waals surface area (Å²) in [5.74, 6) is 1.37. The normalized spacial score (nSPS) is 18.5. The number of nitrogens with two attached hydrogens (primary N) is 1. The first kappa shape index (κ1) is 12.0. The maximum absolute atomic E-state index is 6.01. The quantitative estimate of drug-likeness (QED) is 0.930. The van der Waals surface area contributed by atoms with Gasteiger partial charge in [-0.1, -0.05) is 0 Å². The van der Waals surface area contributed by atoms with E-state index in [0.717, 1.165) is 11.4 Å². The Labute approximate surface area is 115 Å². The lowest BCUT2D eigenvalue weighted by Crippen LogP contribution is -2.35. The van der Waals surface area contributed by atoms with Crippen molar-refractivity contribution in [1.29, 1.82) is 0 Å². The van der Waals surface area contributed by atoms with Crippen LogP contribution in [0.15, 0.2) is 41.0 Å². The number of aliphatic imine (C=N–C) groups is 1. The molecule has 2 N–H and O–H groups in total. The molecule has 1 aliphatic rings. The zero-order valence-corrected chi connectivity index (χ0v) is 11.3. The van der Waals surface area contributed by atoms with Gasteiger partial charge in [0.15, 0.2) is 5.96 Å². The summed E-state index contributed by atoms with van der Waals surface area (Å²) in [5, 5.41) is 0. The van der Waals surface area contributed by atoms with Gasteiger partial charge < -0.3 is 15.4 Å². The van der Waals surface area contributed by atoms with Crippen molar-refractivity contribution in [2.45, 2.75) is 6.04 Å². The molecule has 0 amide bonds. The summed E-state index contributed by atoms with van der Waals surface area (Å²) in [7, 11) is 1.65. The van der Waals surface area contributed by atoms with Gasteiger partial charge in [0.2, 0.25) is 0 Å². The molecule has 0 aliphatic carbocycles. The number of hydrogen-bond donors (Lipinski definition) is 1. The summed E-state index contributed by atoms with van der Waals surface area (Å²) in [6.07, 6.45) is 1.87. The summed E-state index contributed by atoms with van der Waals surface area (Å²) < 4.78 is 5.17. The van der Waals surface area contributed by atoms with E-state index in [4.69, 9.17) is 10.5 Å². The number of nitrogens with zero attached hydrogens (tertiary/aromatic N) is 3. The molecule has 0 saturated heterocycles. The van der Waals surface area contributed by atoms with Crippen LogP contribution in [0.4, 0.5) is 5.69 Å². The third-order valence-electron chi connectivity index (χ3n) is 3.12. The van der Waals surface area contributed by atoms with Crippen molar-refractivity contribution >= 4 is 23.0 Å². The van der Waals surface area contributed by atoms with Crippen molar-refractivity contribution in [3.8, 4) is 5.75 Å². The number of methoxy groups -OCH3 is 1. The fourth-order valence-electron chi connectivity index (χ4n) is 2.16. The molecule has 1 aromatic carbocycles. The van der Waals surface area contributed by atoms with E-state index < -0.39 is 0 Å². The molecule has 1 atom stereocenters. The van der Waals surface area contributed by atoms with Gasteiger partial charge in [-0.05, 0) is 24.3 Å². The lowest BCUT2D eigenvalue weighted by atomic mass is 10.2. The predicted molar refractivity (Wildman–Crippen MR) is 76.8 cm³/mol. The van der Waals surface area contributed by atoms with Crippen LogP contribution >= 0.6 is 11.3 Å².